The molecule has 0 unspecified atom stereocenters. The lowest BCUT2D eigenvalue weighted by Gasteiger charge is -2.08. The molecule has 5 nitrogen and oxygen atoms in total. The smallest absolute Gasteiger partial charge is 0.175 e. The van der Waals surface area contributed by atoms with Crippen molar-refractivity contribution < 1.29 is 8.42 Å². The van der Waals surface area contributed by atoms with Crippen molar-refractivity contribution in [2.45, 2.75) is 18.7 Å². The summed E-state index contributed by atoms with van der Waals surface area (Å²) < 4.78 is 23.3. The third kappa shape index (κ3) is 4.15. The van der Waals surface area contributed by atoms with Gasteiger partial charge in [-0.3, -0.25) is 4.98 Å². The van der Waals surface area contributed by atoms with E-state index < -0.39 is 9.84 Å². The lowest BCUT2D eigenvalue weighted by molar-refractivity contribution is 0.602. The minimum atomic E-state index is -3.23. The minimum Gasteiger partial charge on any atom is -0.384 e. The maximum Gasteiger partial charge on any atom is 0.175 e. The van der Waals surface area contributed by atoms with Crippen LogP contribution >= 0.6 is 0 Å². The van der Waals surface area contributed by atoms with Crippen molar-refractivity contribution in [3.8, 4) is 23.0 Å². The number of anilines is 1. The Kier molecular flexibility index (Phi) is 4.98. The lowest BCUT2D eigenvalue weighted by atomic mass is 9.99. The van der Waals surface area contributed by atoms with Crippen LogP contribution in [-0.2, 0) is 9.84 Å². The van der Waals surface area contributed by atoms with Crippen molar-refractivity contribution in [2.75, 3.05) is 12.0 Å². The van der Waals surface area contributed by atoms with Crippen LogP contribution in [0, 0.1) is 25.7 Å². The number of benzene rings is 1. The van der Waals surface area contributed by atoms with Crippen LogP contribution in [0.15, 0.2) is 53.6 Å². The third-order valence-corrected chi connectivity index (χ3v) is 5.29. The molecule has 27 heavy (non-hydrogen) atoms. The molecule has 136 valence electrons. The van der Waals surface area contributed by atoms with Crippen LogP contribution in [0.2, 0.25) is 0 Å². The standard InChI is InChI=1S/C21H19N3O2S/c1-14-16(7-11-21(22)24-14)6-10-19-15(2)23-13-12-20(19)17-4-8-18(9-5-17)27(3,25)26/h4-5,7-9,11-13H,1-3H3,(H2,22,24). The highest BCUT2D eigenvalue weighted by Gasteiger charge is 2.10. The average Bonchev–Trinajstić information content (AvgIpc) is 2.61. The molecule has 0 amide bonds. The first kappa shape index (κ1) is 18.6. The van der Waals surface area contributed by atoms with E-state index >= 15 is 0 Å². The number of sulfone groups is 1. The molecule has 0 radical (unpaired) electrons. The number of hydrogen-bond donors (Lipinski definition) is 1. The SMILES string of the molecule is Cc1nc(N)ccc1C#Cc1c(-c2ccc(S(C)(=O)=O)cc2)ccnc1C. The number of nitrogens with two attached hydrogens (primary N) is 1. The van der Waals surface area contributed by atoms with Gasteiger partial charge in [0, 0.05) is 23.6 Å². The van der Waals surface area contributed by atoms with Crippen molar-refractivity contribution in [1.29, 1.82) is 0 Å². The Hall–Kier alpha value is -3.17. The van der Waals surface area contributed by atoms with E-state index in [9.17, 15) is 8.42 Å². The van der Waals surface area contributed by atoms with Gasteiger partial charge < -0.3 is 5.73 Å². The van der Waals surface area contributed by atoms with Gasteiger partial charge in [-0.1, -0.05) is 24.0 Å². The van der Waals surface area contributed by atoms with Gasteiger partial charge in [0.15, 0.2) is 9.84 Å². The molecule has 0 saturated carbocycles. The fraction of sp³-hybridized carbons (Fsp3) is 0.143. The summed E-state index contributed by atoms with van der Waals surface area (Å²) in [7, 11) is -3.23. The molecule has 0 aliphatic carbocycles. The fourth-order valence-electron chi connectivity index (χ4n) is 2.69. The number of rotatable bonds is 2. The normalized spacial score (nSPS) is 10.9. The predicted octanol–water partition coefficient (Wildman–Crippen LogP) is 3.15. The molecule has 2 N–H and O–H groups in total. The zero-order valence-electron chi connectivity index (χ0n) is 15.3. The van der Waals surface area contributed by atoms with Gasteiger partial charge in [-0.05, 0) is 49.7 Å². The monoisotopic (exact) mass is 377 g/mol. The number of aryl methyl sites for hydroxylation is 2. The summed E-state index contributed by atoms with van der Waals surface area (Å²) in [5.41, 5.74) is 10.6. The Bertz CT molecular complexity index is 1170. The van der Waals surface area contributed by atoms with Crippen molar-refractivity contribution in [3.63, 3.8) is 0 Å². The maximum atomic E-state index is 11.7. The maximum absolute atomic E-state index is 11.7. The van der Waals surface area contributed by atoms with Crippen LogP contribution < -0.4 is 5.73 Å². The van der Waals surface area contributed by atoms with Crippen LogP contribution in [0.1, 0.15) is 22.5 Å². The van der Waals surface area contributed by atoms with E-state index in [0.29, 0.717) is 5.82 Å². The van der Waals surface area contributed by atoms with E-state index in [1.54, 1.807) is 36.5 Å². The molecule has 0 spiro atoms. The fourth-order valence-corrected chi connectivity index (χ4v) is 3.32. The highest BCUT2D eigenvalue weighted by atomic mass is 32.2. The summed E-state index contributed by atoms with van der Waals surface area (Å²) >= 11 is 0. The molecular weight excluding hydrogens is 358 g/mol. The van der Waals surface area contributed by atoms with Gasteiger partial charge in [0.1, 0.15) is 5.82 Å². The molecule has 3 aromatic rings. The number of nitrogen functional groups attached to an aromatic ring is 1. The molecule has 0 aliphatic rings. The largest absolute Gasteiger partial charge is 0.384 e. The van der Waals surface area contributed by atoms with E-state index in [1.165, 1.54) is 6.26 Å². The Morgan fingerprint density at radius 3 is 2.26 bits per heavy atom. The third-order valence-electron chi connectivity index (χ3n) is 4.16. The molecule has 1 aromatic carbocycles. The van der Waals surface area contributed by atoms with E-state index in [1.807, 2.05) is 26.0 Å². The molecule has 0 aliphatic heterocycles. The van der Waals surface area contributed by atoms with Gasteiger partial charge in [0.05, 0.1) is 21.8 Å². The minimum absolute atomic E-state index is 0.285. The molecule has 0 atom stereocenters. The highest BCUT2D eigenvalue weighted by Crippen LogP contribution is 2.26. The van der Waals surface area contributed by atoms with Crippen molar-refractivity contribution in [2.24, 2.45) is 0 Å². The first-order valence-corrected chi connectivity index (χ1v) is 10.2. The van der Waals surface area contributed by atoms with E-state index in [4.69, 9.17) is 5.73 Å². The van der Waals surface area contributed by atoms with Gasteiger partial charge in [0.25, 0.3) is 0 Å². The Balaban J connectivity index is 2.07. The Labute approximate surface area is 159 Å². The van der Waals surface area contributed by atoms with Crippen molar-refractivity contribution in [1.82, 2.24) is 9.97 Å². The average molecular weight is 377 g/mol. The Morgan fingerprint density at radius 1 is 0.926 bits per heavy atom. The molecule has 0 bridgehead atoms. The quantitative estimate of drug-likeness (QED) is 0.694. The molecule has 0 fully saturated rings. The lowest BCUT2D eigenvalue weighted by Crippen LogP contribution is -1.97. The highest BCUT2D eigenvalue weighted by molar-refractivity contribution is 7.90. The molecule has 2 aromatic heterocycles. The van der Waals surface area contributed by atoms with Crippen LogP contribution in [-0.4, -0.2) is 24.6 Å². The molecule has 3 rings (SSSR count). The summed E-state index contributed by atoms with van der Waals surface area (Å²) in [5, 5.41) is 0. The van der Waals surface area contributed by atoms with E-state index in [0.717, 1.165) is 33.6 Å². The van der Waals surface area contributed by atoms with Gasteiger partial charge >= 0.3 is 0 Å². The van der Waals surface area contributed by atoms with Crippen LogP contribution in [0.4, 0.5) is 5.82 Å². The van der Waals surface area contributed by atoms with Gasteiger partial charge in [-0.2, -0.15) is 0 Å². The van der Waals surface area contributed by atoms with Crippen LogP contribution in [0.3, 0.4) is 0 Å². The van der Waals surface area contributed by atoms with E-state index in [2.05, 4.69) is 21.8 Å². The topological polar surface area (TPSA) is 85.9 Å². The Morgan fingerprint density at radius 2 is 1.63 bits per heavy atom. The summed E-state index contributed by atoms with van der Waals surface area (Å²) in [6.07, 6.45) is 2.91. The molecule has 0 saturated heterocycles. The van der Waals surface area contributed by atoms with Gasteiger partial charge in [-0.25, -0.2) is 13.4 Å². The summed E-state index contributed by atoms with van der Waals surface area (Å²) in [5.74, 6) is 6.79. The van der Waals surface area contributed by atoms with Gasteiger partial charge in [0.2, 0.25) is 0 Å². The molecular formula is C21H19N3O2S. The second-order valence-electron chi connectivity index (χ2n) is 6.23. The van der Waals surface area contributed by atoms with Crippen molar-refractivity contribution in [3.05, 3.63) is 71.2 Å². The second-order valence-corrected chi connectivity index (χ2v) is 8.25. The van der Waals surface area contributed by atoms with Crippen LogP contribution in [0.5, 0.6) is 0 Å². The summed E-state index contributed by atoms with van der Waals surface area (Å²) in [6, 6.07) is 12.2. The zero-order valence-corrected chi connectivity index (χ0v) is 16.1. The second kappa shape index (κ2) is 7.22. The molecule has 6 heteroatoms. The summed E-state index contributed by atoms with van der Waals surface area (Å²) in [6.45, 7) is 3.76. The first-order valence-electron chi connectivity index (χ1n) is 8.27. The zero-order chi connectivity index (χ0) is 19.6. The number of nitrogens with zero attached hydrogens (tertiary/aromatic N) is 2. The van der Waals surface area contributed by atoms with E-state index in [-0.39, 0.29) is 4.90 Å². The summed E-state index contributed by atoms with van der Waals surface area (Å²) in [4.78, 5) is 8.85. The first-order chi connectivity index (χ1) is 12.8. The predicted molar refractivity (Wildman–Crippen MR) is 107 cm³/mol. The van der Waals surface area contributed by atoms with Crippen LogP contribution in [0.25, 0.3) is 11.1 Å². The van der Waals surface area contributed by atoms with Gasteiger partial charge in [-0.15, -0.1) is 0 Å². The molecule has 2 heterocycles. The number of pyridine rings is 2. The number of hydrogen-bond acceptors (Lipinski definition) is 5. The number of aromatic nitrogens is 2. The van der Waals surface area contributed by atoms with Crippen molar-refractivity contribution >= 4 is 15.7 Å².